The molecule has 0 saturated carbocycles. The van der Waals surface area contributed by atoms with E-state index >= 15 is 0 Å². The smallest absolute Gasteiger partial charge is 0.304 e. The Labute approximate surface area is 96.4 Å². The maximum atomic E-state index is 10.8. The van der Waals surface area contributed by atoms with E-state index in [0.29, 0.717) is 0 Å². The van der Waals surface area contributed by atoms with Crippen molar-refractivity contribution in [1.82, 2.24) is 9.78 Å². The number of aryl methyl sites for hydroxylation is 1. The Morgan fingerprint density at radius 1 is 1.73 bits per heavy atom. The Hall–Kier alpha value is -0.840. The molecule has 0 amide bonds. The normalized spacial score (nSPS) is 20.0. The summed E-state index contributed by atoms with van der Waals surface area (Å²) in [4.78, 5) is 10.8. The highest BCUT2D eigenvalue weighted by atomic mass is 79.9. The highest BCUT2D eigenvalue weighted by molar-refractivity contribution is 9.10. The average Bonchev–Trinajstić information content (AvgIpc) is 2.43. The first-order chi connectivity index (χ1) is 7.09. The van der Waals surface area contributed by atoms with Gasteiger partial charge in [-0.05, 0) is 35.2 Å². The quantitative estimate of drug-likeness (QED) is 0.897. The standard InChI is InChI=1S/C10H13BrN2O2/c1-13-9-6(5-8(14)15)3-2-4-7(9)10(11)12-13/h6H,2-5H2,1H3,(H,14,15). The SMILES string of the molecule is Cn1nc(Br)c2c1C(CC(=O)O)CCC2. The van der Waals surface area contributed by atoms with E-state index < -0.39 is 5.97 Å². The van der Waals surface area contributed by atoms with Crippen LogP contribution in [0.1, 0.15) is 36.4 Å². The zero-order chi connectivity index (χ0) is 11.0. The van der Waals surface area contributed by atoms with E-state index in [0.717, 1.165) is 29.6 Å². The van der Waals surface area contributed by atoms with E-state index in [1.165, 1.54) is 5.56 Å². The van der Waals surface area contributed by atoms with E-state index in [1.54, 1.807) is 0 Å². The Balaban J connectivity index is 2.37. The molecule has 0 saturated heterocycles. The van der Waals surface area contributed by atoms with E-state index in [2.05, 4.69) is 21.0 Å². The minimum atomic E-state index is -0.731. The summed E-state index contributed by atoms with van der Waals surface area (Å²) >= 11 is 3.42. The van der Waals surface area contributed by atoms with Crippen LogP contribution in [0.4, 0.5) is 0 Å². The number of hydrogen-bond donors (Lipinski definition) is 1. The number of carbonyl (C=O) groups is 1. The molecule has 1 atom stereocenters. The number of hydrogen-bond acceptors (Lipinski definition) is 2. The fraction of sp³-hybridized carbons (Fsp3) is 0.600. The minimum Gasteiger partial charge on any atom is -0.481 e. The van der Waals surface area contributed by atoms with Gasteiger partial charge in [0.05, 0.1) is 6.42 Å². The topological polar surface area (TPSA) is 55.1 Å². The minimum absolute atomic E-state index is 0.120. The number of fused-ring (bicyclic) bond motifs is 1. The molecule has 0 aromatic carbocycles. The van der Waals surface area contributed by atoms with Crippen molar-refractivity contribution in [3.05, 3.63) is 15.9 Å². The lowest BCUT2D eigenvalue weighted by Gasteiger charge is -2.21. The lowest BCUT2D eigenvalue weighted by atomic mass is 9.86. The first-order valence-electron chi connectivity index (χ1n) is 5.02. The maximum absolute atomic E-state index is 10.8. The lowest BCUT2D eigenvalue weighted by Crippen LogP contribution is -2.16. The number of carboxylic acids is 1. The summed E-state index contributed by atoms with van der Waals surface area (Å²) < 4.78 is 2.68. The Bertz CT molecular complexity index is 400. The summed E-state index contributed by atoms with van der Waals surface area (Å²) in [5.74, 6) is -0.611. The van der Waals surface area contributed by atoms with Gasteiger partial charge in [0.1, 0.15) is 4.60 Å². The van der Waals surface area contributed by atoms with Crippen molar-refractivity contribution in [1.29, 1.82) is 0 Å². The van der Waals surface area contributed by atoms with Gasteiger partial charge in [0, 0.05) is 24.2 Å². The Morgan fingerprint density at radius 2 is 2.47 bits per heavy atom. The molecule has 1 unspecified atom stereocenters. The molecule has 0 fully saturated rings. The van der Waals surface area contributed by atoms with Crippen LogP contribution in [-0.2, 0) is 18.3 Å². The summed E-state index contributed by atoms with van der Waals surface area (Å²) in [6, 6.07) is 0. The zero-order valence-corrected chi connectivity index (χ0v) is 10.1. The van der Waals surface area contributed by atoms with Gasteiger partial charge < -0.3 is 5.11 Å². The molecule has 1 aliphatic rings. The summed E-state index contributed by atoms with van der Waals surface area (Å²) in [5.41, 5.74) is 2.28. The van der Waals surface area contributed by atoms with Crippen molar-refractivity contribution in [2.24, 2.45) is 7.05 Å². The predicted octanol–water partition coefficient (Wildman–Crippen LogP) is 2.08. The monoisotopic (exact) mass is 272 g/mol. The van der Waals surface area contributed by atoms with Gasteiger partial charge in [-0.3, -0.25) is 9.48 Å². The van der Waals surface area contributed by atoms with Crippen LogP contribution in [0.5, 0.6) is 0 Å². The number of rotatable bonds is 2. The van der Waals surface area contributed by atoms with Gasteiger partial charge in [0.15, 0.2) is 0 Å². The molecule has 1 aliphatic carbocycles. The first kappa shape index (κ1) is 10.7. The summed E-state index contributed by atoms with van der Waals surface area (Å²) in [5, 5.41) is 13.1. The van der Waals surface area contributed by atoms with E-state index in [9.17, 15) is 4.79 Å². The van der Waals surface area contributed by atoms with Gasteiger partial charge in [-0.1, -0.05) is 0 Å². The van der Waals surface area contributed by atoms with Crippen LogP contribution in [0.25, 0.3) is 0 Å². The summed E-state index contributed by atoms with van der Waals surface area (Å²) in [6.07, 6.45) is 3.21. The summed E-state index contributed by atoms with van der Waals surface area (Å²) in [6.45, 7) is 0. The molecular weight excluding hydrogens is 260 g/mol. The second-order valence-corrected chi connectivity index (χ2v) is 4.72. The molecule has 0 aliphatic heterocycles. The predicted molar refractivity (Wildman–Crippen MR) is 58.8 cm³/mol. The molecule has 0 radical (unpaired) electrons. The number of nitrogens with zero attached hydrogens (tertiary/aromatic N) is 2. The molecule has 1 heterocycles. The van der Waals surface area contributed by atoms with Crippen molar-refractivity contribution in [3.8, 4) is 0 Å². The van der Waals surface area contributed by atoms with Crippen LogP contribution in [0.2, 0.25) is 0 Å². The van der Waals surface area contributed by atoms with Gasteiger partial charge in [-0.2, -0.15) is 5.10 Å². The van der Waals surface area contributed by atoms with Crippen LogP contribution in [-0.4, -0.2) is 20.9 Å². The molecule has 0 spiro atoms. The van der Waals surface area contributed by atoms with Crippen molar-refractivity contribution in [3.63, 3.8) is 0 Å². The largest absolute Gasteiger partial charge is 0.481 e. The summed E-state index contributed by atoms with van der Waals surface area (Å²) in [7, 11) is 1.88. The van der Waals surface area contributed by atoms with Gasteiger partial charge in [0.2, 0.25) is 0 Å². The zero-order valence-electron chi connectivity index (χ0n) is 8.53. The fourth-order valence-corrected chi connectivity index (χ4v) is 3.00. The Kier molecular flexibility index (Phi) is 2.82. The maximum Gasteiger partial charge on any atom is 0.304 e. The fourth-order valence-electron chi connectivity index (χ4n) is 2.36. The van der Waals surface area contributed by atoms with Crippen molar-refractivity contribution >= 4 is 21.9 Å². The van der Waals surface area contributed by atoms with Gasteiger partial charge >= 0.3 is 5.97 Å². The van der Waals surface area contributed by atoms with Gasteiger partial charge in [0.25, 0.3) is 0 Å². The molecule has 1 aromatic rings. The molecule has 82 valence electrons. The molecule has 2 rings (SSSR count). The third-order valence-corrected chi connectivity index (χ3v) is 3.57. The van der Waals surface area contributed by atoms with Gasteiger partial charge in [-0.15, -0.1) is 0 Å². The van der Waals surface area contributed by atoms with Crippen LogP contribution in [0.15, 0.2) is 4.60 Å². The highest BCUT2D eigenvalue weighted by Crippen LogP contribution is 2.36. The highest BCUT2D eigenvalue weighted by Gasteiger charge is 2.28. The number of aliphatic carboxylic acids is 1. The van der Waals surface area contributed by atoms with Crippen LogP contribution >= 0.6 is 15.9 Å². The van der Waals surface area contributed by atoms with Gasteiger partial charge in [-0.25, -0.2) is 0 Å². The van der Waals surface area contributed by atoms with Crippen LogP contribution in [0, 0.1) is 0 Å². The second-order valence-electron chi connectivity index (χ2n) is 3.97. The van der Waals surface area contributed by atoms with Crippen molar-refractivity contribution in [2.75, 3.05) is 0 Å². The number of aromatic nitrogens is 2. The van der Waals surface area contributed by atoms with Crippen LogP contribution < -0.4 is 0 Å². The molecule has 0 bridgehead atoms. The van der Waals surface area contributed by atoms with Crippen molar-refractivity contribution in [2.45, 2.75) is 31.6 Å². The van der Waals surface area contributed by atoms with Crippen LogP contribution in [0.3, 0.4) is 0 Å². The molecule has 4 nitrogen and oxygen atoms in total. The van der Waals surface area contributed by atoms with E-state index in [4.69, 9.17) is 5.11 Å². The third kappa shape index (κ3) is 1.93. The second kappa shape index (κ2) is 3.96. The Morgan fingerprint density at radius 3 is 3.13 bits per heavy atom. The molecular formula is C10H13BrN2O2. The first-order valence-corrected chi connectivity index (χ1v) is 5.82. The molecule has 1 aromatic heterocycles. The molecule has 1 N–H and O–H groups in total. The number of carboxylic acid groups (broad SMARTS) is 1. The van der Waals surface area contributed by atoms with E-state index in [-0.39, 0.29) is 12.3 Å². The third-order valence-electron chi connectivity index (χ3n) is 2.93. The average molecular weight is 273 g/mol. The lowest BCUT2D eigenvalue weighted by molar-refractivity contribution is -0.137. The molecule has 15 heavy (non-hydrogen) atoms. The molecule has 5 heteroatoms. The van der Waals surface area contributed by atoms with Crippen molar-refractivity contribution < 1.29 is 9.90 Å². The van der Waals surface area contributed by atoms with E-state index in [1.807, 2.05) is 11.7 Å². The number of halogens is 1.